The predicted molar refractivity (Wildman–Crippen MR) is 103 cm³/mol. The second-order valence-corrected chi connectivity index (χ2v) is 6.50. The number of pyridine rings is 1. The van der Waals surface area contributed by atoms with Gasteiger partial charge in [0.05, 0.1) is 11.6 Å². The van der Waals surface area contributed by atoms with E-state index in [0.29, 0.717) is 5.82 Å². The van der Waals surface area contributed by atoms with Gasteiger partial charge in [0, 0.05) is 17.3 Å². The molecular weight excluding hydrogens is 330 g/mol. The zero-order valence-corrected chi connectivity index (χ0v) is 14.4. The fourth-order valence-corrected chi connectivity index (χ4v) is 3.56. The molecule has 6 heteroatoms. The number of hydrogen-bond donors (Lipinski definition) is 1. The van der Waals surface area contributed by atoms with Crippen molar-refractivity contribution < 1.29 is 0 Å². The number of hydrogen-bond acceptors (Lipinski definition) is 6. The summed E-state index contributed by atoms with van der Waals surface area (Å²) in [5.74, 6) is 1.43. The summed E-state index contributed by atoms with van der Waals surface area (Å²) >= 11 is 1.66. The summed E-state index contributed by atoms with van der Waals surface area (Å²) in [5.41, 5.74) is 5.19. The summed E-state index contributed by atoms with van der Waals surface area (Å²) in [4.78, 5) is 15.2. The minimum absolute atomic E-state index is 0.714. The molecule has 25 heavy (non-hydrogen) atoms. The van der Waals surface area contributed by atoms with Crippen LogP contribution in [0.3, 0.4) is 0 Å². The lowest BCUT2D eigenvalue weighted by molar-refractivity contribution is 1.09. The van der Waals surface area contributed by atoms with Gasteiger partial charge in [-0.2, -0.15) is 5.10 Å². The van der Waals surface area contributed by atoms with Crippen LogP contribution in [0.15, 0.2) is 66.0 Å². The zero-order valence-electron chi connectivity index (χ0n) is 13.5. The molecule has 0 atom stereocenters. The van der Waals surface area contributed by atoms with Crippen LogP contribution < -0.4 is 5.43 Å². The highest BCUT2D eigenvalue weighted by Crippen LogP contribution is 2.35. The third-order valence-corrected chi connectivity index (χ3v) is 4.73. The maximum Gasteiger partial charge on any atom is 0.158 e. The van der Waals surface area contributed by atoms with E-state index in [2.05, 4.69) is 43.7 Å². The van der Waals surface area contributed by atoms with Gasteiger partial charge < -0.3 is 0 Å². The highest BCUT2D eigenvalue weighted by Gasteiger charge is 2.11. The monoisotopic (exact) mass is 345 g/mol. The molecule has 5 nitrogen and oxygen atoms in total. The van der Waals surface area contributed by atoms with Crippen LogP contribution in [0.4, 0.5) is 5.82 Å². The summed E-state index contributed by atoms with van der Waals surface area (Å²) in [7, 11) is 0. The molecule has 4 rings (SSSR count). The molecule has 0 aliphatic heterocycles. The van der Waals surface area contributed by atoms with E-state index in [4.69, 9.17) is 0 Å². The predicted octanol–water partition coefficient (Wildman–Crippen LogP) is 4.51. The smallest absolute Gasteiger partial charge is 0.158 e. The maximum absolute atomic E-state index is 4.56. The van der Waals surface area contributed by atoms with Crippen molar-refractivity contribution in [3.63, 3.8) is 0 Å². The van der Waals surface area contributed by atoms with Gasteiger partial charge in [0.2, 0.25) is 0 Å². The largest absolute Gasteiger partial charge is 0.265 e. The molecule has 3 heterocycles. The first-order valence-corrected chi connectivity index (χ1v) is 8.64. The van der Waals surface area contributed by atoms with Crippen molar-refractivity contribution in [2.45, 2.75) is 6.92 Å². The highest BCUT2D eigenvalue weighted by molar-refractivity contribution is 7.21. The number of fused-ring (bicyclic) bond motifs is 1. The Labute approximate surface area is 149 Å². The summed E-state index contributed by atoms with van der Waals surface area (Å²) < 4.78 is 0. The fourth-order valence-electron chi connectivity index (χ4n) is 2.48. The van der Waals surface area contributed by atoms with Crippen LogP contribution in [0.5, 0.6) is 0 Å². The summed E-state index contributed by atoms with van der Waals surface area (Å²) in [5, 5.41) is 5.27. The van der Waals surface area contributed by atoms with E-state index in [0.717, 1.165) is 26.5 Å². The number of nitrogens with zero attached hydrogens (tertiary/aromatic N) is 4. The lowest BCUT2D eigenvalue weighted by Crippen LogP contribution is -1.97. The minimum atomic E-state index is 0.714. The van der Waals surface area contributed by atoms with Gasteiger partial charge in [0.1, 0.15) is 10.7 Å². The number of aromatic nitrogens is 3. The molecule has 0 radical (unpaired) electrons. The Bertz CT molecular complexity index is 1030. The molecule has 1 N–H and O–H groups in total. The number of rotatable bonds is 4. The number of nitrogens with one attached hydrogen (secondary N) is 1. The third kappa shape index (κ3) is 3.39. The minimum Gasteiger partial charge on any atom is -0.265 e. The van der Waals surface area contributed by atoms with Gasteiger partial charge in [0.25, 0.3) is 0 Å². The average Bonchev–Trinajstić information content (AvgIpc) is 3.07. The van der Waals surface area contributed by atoms with Gasteiger partial charge in [-0.1, -0.05) is 30.3 Å². The Morgan fingerprint density at radius 3 is 2.64 bits per heavy atom. The first kappa shape index (κ1) is 15.4. The van der Waals surface area contributed by atoms with Gasteiger partial charge in [-0.25, -0.2) is 9.97 Å². The highest BCUT2D eigenvalue weighted by atomic mass is 32.1. The van der Waals surface area contributed by atoms with Crippen LogP contribution in [-0.4, -0.2) is 21.2 Å². The first-order valence-electron chi connectivity index (χ1n) is 7.82. The van der Waals surface area contributed by atoms with Gasteiger partial charge in [-0.15, -0.1) is 11.3 Å². The van der Waals surface area contributed by atoms with E-state index in [-0.39, 0.29) is 0 Å². The van der Waals surface area contributed by atoms with Gasteiger partial charge in [-0.3, -0.25) is 10.4 Å². The van der Waals surface area contributed by atoms with E-state index in [1.807, 2.05) is 37.3 Å². The van der Waals surface area contributed by atoms with Gasteiger partial charge in [-0.05, 0) is 36.2 Å². The molecule has 0 amide bonds. The Morgan fingerprint density at radius 1 is 1.04 bits per heavy atom. The summed E-state index contributed by atoms with van der Waals surface area (Å²) in [6.07, 6.45) is 5.22. The van der Waals surface area contributed by atoms with Crippen molar-refractivity contribution in [1.29, 1.82) is 0 Å². The molecule has 4 aromatic rings. The van der Waals surface area contributed by atoms with E-state index >= 15 is 0 Å². The van der Waals surface area contributed by atoms with Gasteiger partial charge in [0.15, 0.2) is 5.82 Å². The van der Waals surface area contributed by atoms with Crippen molar-refractivity contribution in [2.24, 2.45) is 5.10 Å². The topological polar surface area (TPSA) is 63.1 Å². The van der Waals surface area contributed by atoms with E-state index in [1.54, 1.807) is 29.9 Å². The lowest BCUT2D eigenvalue weighted by atomic mass is 10.2. The molecule has 0 aliphatic rings. The van der Waals surface area contributed by atoms with Crippen molar-refractivity contribution in [3.05, 3.63) is 72.3 Å². The van der Waals surface area contributed by atoms with Crippen molar-refractivity contribution in [2.75, 3.05) is 5.43 Å². The lowest BCUT2D eigenvalue weighted by Gasteiger charge is -2.02. The number of hydrazone groups is 1. The molecule has 0 spiro atoms. The number of benzene rings is 1. The maximum atomic E-state index is 4.56. The molecule has 0 saturated carbocycles. The third-order valence-electron chi connectivity index (χ3n) is 3.65. The number of anilines is 1. The standard InChI is InChI=1S/C19H15N5S/c1-13-22-18(24-21-12-14-7-9-20-10-8-14)16-11-17(25-19(16)23-13)15-5-3-2-4-6-15/h2-12H,1H3,(H,22,23,24)/b21-12-. The molecule has 0 unspecified atom stereocenters. The van der Waals surface area contributed by atoms with Crippen LogP contribution in [0.1, 0.15) is 11.4 Å². The molecule has 1 aromatic carbocycles. The van der Waals surface area contributed by atoms with E-state index in [9.17, 15) is 0 Å². The second kappa shape index (κ2) is 6.78. The summed E-state index contributed by atoms with van der Waals surface area (Å²) in [6, 6.07) is 16.2. The normalized spacial score (nSPS) is 11.2. The number of aryl methyl sites for hydroxylation is 1. The first-order chi connectivity index (χ1) is 12.3. The van der Waals surface area contributed by atoms with Crippen molar-refractivity contribution in [3.8, 4) is 10.4 Å². The quantitative estimate of drug-likeness (QED) is 0.437. The molecule has 0 fully saturated rings. The fraction of sp³-hybridized carbons (Fsp3) is 0.0526. The molecular formula is C19H15N5S. The average molecular weight is 345 g/mol. The van der Waals surface area contributed by atoms with Crippen molar-refractivity contribution in [1.82, 2.24) is 15.0 Å². The molecule has 122 valence electrons. The zero-order chi connectivity index (χ0) is 17.1. The van der Waals surface area contributed by atoms with Crippen LogP contribution in [0, 0.1) is 6.92 Å². The number of thiophene rings is 1. The SMILES string of the molecule is Cc1nc(N/N=C\c2ccncc2)c2cc(-c3ccccc3)sc2n1. The second-order valence-electron chi connectivity index (χ2n) is 5.47. The Kier molecular flexibility index (Phi) is 4.18. The molecule has 0 bridgehead atoms. The Hall–Kier alpha value is -3.12. The molecule has 3 aromatic heterocycles. The van der Waals surface area contributed by atoms with E-state index in [1.165, 1.54) is 5.56 Å². The Balaban J connectivity index is 1.68. The van der Waals surface area contributed by atoms with Crippen LogP contribution in [-0.2, 0) is 0 Å². The molecule has 0 saturated heterocycles. The van der Waals surface area contributed by atoms with Crippen molar-refractivity contribution >= 4 is 33.6 Å². The molecule has 0 aliphatic carbocycles. The van der Waals surface area contributed by atoms with Crippen LogP contribution in [0.2, 0.25) is 0 Å². The van der Waals surface area contributed by atoms with Crippen LogP contribution in [0.25, 0.3) is 20.7 Å². The Morgan fingerprint density at radius 2 is 1.84 bits per heavy atom. The van der Waals surface area contributed by atoms with E-state index < -0.39 is 0 Å². The van der Waals surface area contributed by atoms with Crippen LogP contribution >= 0.6 is 11.3 Å². The van der Waals surface area contributed by atoms with Gasteiger partial charge >= 0.3 is 0 Å². The summed E-state index contributed by atoms with van der Waals surface area (Å²) in [6.45, 7) is 1.89.